The van der Waals surface area contributed by atoms with Crippen LogP contribution in [0.2, 0.25) is 0 Å². The van der Waals surface area contributed by atoms with E-state index in [2.05, 4.69) is 11.9 Å². The highest BCUT2D eigenvalue weighted by Crippen LogP contribution is 2.49. The van der Waals surface area contributed by atoms with E-state index in [1.54, 1.807) is 41.3 Å². The van der Waals surface area contributed by atoms with Crippen LogP contribution in [0.5, 0.6) is 0 Å². The van der Waals surface area contributed by atoms with Crippen LogP contribution in [0.25, 0.3) is 21.2 Å². The quantitative estimate of drug-likeness (QED) is 0.207. The molecular weight excluding hydrogens is 560 g/mol. The van der Waals surface area contributed by atoms with Crippen LogP contribution in [0.3, 0.4) is 0 Å². The summed E-state index contributed by atoms with van der Waals surface area (Å²) in [6, 6.07) is 12.0. The van der Waals surface area contributed by atoms with Crippen LogP contribution in [0, 0.1) is 11.6 Å². The zero-order valence-electron chi connectivity index (χ0n) is 22.3. The van der Waals surface area contributed by atoms with Crippen LogP contribution in [-0.4, -0.2) is 41.6 Å². The molecule has 3 aromatic carbocycles. The predicted molar refractivity (Wildman–Crippen MR) is 158 cm³/mol. The summed E-state index contributed by atoms with van der Waals surface area (Å²) < 4.78 is 29.2. The molecule has 2 amide bonds. The minimum absolute atomic E-state index is 0.0194. The molecule has 1 fully saturated rings. The van der Waals surface area contributed by atoms with Crippen LogP contribution in [0.15, 0.2) is 67.3 Å². The molecule has 8 nitrogen and oxygen atoms in total. The van der Waals surface area contributed by atoms with Crippen LogP contribution in [0.1, 0.15) is 38.8 Å². The Labute approximate surface area is 243 Å². The van der Waals surface area contributed by atoms with Crippen LogP contribution in [0.4, 0.5) is 14.5 Å². The van der Waals surface area contributed by atoms with Crippen molar-refractivity contribution < 1.29 is 23.2 Å². The van der Waals surface area contributed by atoms with Crippen LogP contribution >= 0.6 is 11.3 Å². The van der Waals surface area contributed by atoms with Gasteiger partial charge in [0.05, 0.1) is 15.6 Å². The van der Waals surface area contributed by atoms with Crippen molar-refractivity contribution in [1.29, 1.82) is 0 Å². The van der Waals surface area contributed by atoms with E-state index >= 15 is 0 Å². The molecule has 0 saturated carbocycles. The highest BCUT2D eigenvalue weighted by Gasteiger charge is 2.49. The Morgan fingerprint density at radius 3 is 2.67 bits per heavy atom. The molecule has 4 aromatic rings. The molecule has 11 heteroatoms. The standard InChI is InChI=1S/C31H27F2N5O3S/c1-2-22(39)38-12-11-17(14-38)37-30(41)28-24-23-19(9-10-21(34)27(23)42-28)31(36,29(40)26(24)35)16-6-3-5-15(13-16)18-7-4-8-20(32)25(18)33/h2-10,13,17,26H,1,11-12,14,34-36H2,(H,37,41). The second-order valence-electron chi connectivity index (χ2n) is 10.5. The topological polar surface area (TPSA) is 145 Å². The van der Waals surface area contributed by atoms with E-state index < -0.39 is 34.9 Å². The Morgan fingerprint density at radius 2 is 1.90 bits per heavy atom. The first kappa shape index (κ1) is 27.7. The number of Topliss-reactive ketones (excluding diaryl/α,β-unsaturated/α-hetero) is 1. The third-order valence-electron chi connectivity index (χ3n) is 8.11. The van der Waals surface area contributed by atoms with Crippen molar-refractivity contribution in [3.63, 3.8) is 0 Å². The third kappa shape index (κ3) is 4.12. The minimum atomic E-state index is -1.76. The number of rotatable bonds is 5. The highest BCUT2D eigenvalue weighted by molar-refractivity contribution is 7.21. The van der Waals surface area contributed by atoms with Gasteiger partial charge in [-0.25, -0.2) is 8.78 Å². The smallest absolute Gasteiger partial charge is 0.262 e. The highest BCUT2D eigenvalue weighted by atomic mass is 32.1. The molecule has 214 valence electrons. The molecular formula is C31H27F2N5O3S. The SMILES string of the molecule is C=CC(=O)N1CCC(NC(=O)c2sc3c(N)ccc4c3c2C(N)C(=O)C4(N)c2cccc(-c3cccc(F)c3F)c2)C1. The number of likely N-dealkylation sites (tertiary alicyclic amines) is 1. The van der Waals surface area contributed by atoms with Gasteiger partial charge in [0.2, 0.25) is 5.91 Å². The Morgan fingerprint density at radius 1 is 1.14 bits per heavy atom. The van der Waals surface area contributed by atoms with Gasteiger partial charge in [-0.3, -0.25) is 14.4 Å². The van der Waals surface area contributed by atoms with Gasteiger partial charge in [-0.1, -0.05) is 43.0 Å². The monoisotopic (exact) mass is 587 g/mol. The number of amides is 2. The maximum absolute atomic E-state index is 14.7. The number of anilines is 1. The molecule has 7 N–H and O–H groups in total. The largest absolute Gasteiger partial charge is 0.398 e. The zero-order chi connectivity index (χ0) is 29.9. The normalized spacial score (nSPS) is 21.5. The number of hydrogen-bond donors (Lipinski definition) is 4. The molecule has 0 spiro atoms. The summed E-state index contributed by atoms with van der Waals surface area (Å²) in [4.78, 5) is 41.5. The molecule has 0 bridgehead atoms. The van der Waals surface area contributed by atoms with Gasteiger partial charge in [-0.05, 0) is 47.4 Å². The number of carbonyl (C=O) groups excluding carboxylic acids is 3. The maximum atomic E-state index is 14.7. The Bertz CT molecular complexity index is 1820. The number of thiophene rings is 1. The second kappa shape index (κ2) is 10.1. The predicted octanol–water partition coefficient (Wildman–Crippen LogP) is 3.73. The van der Waals surface area contributed by atoms with Crippen LogP contribution < -0.4 is 22.5 Å². The summed E-state index contributed by atoms with van der Waals surface area (Å²) in [5, 5.41) is 3.49. The van der Waals surface area contributed by atoms with E-state index in [0.717, 1.165) is 17.4 Å². The minimum Gasteiger partial charge on any atom is -0.398 e. The van der Waals surface area contributed by atoms with E-state index in [4.69, 9.17) is 17.2 Å². The van der Waals surface area contributed by atoms with Crippen molar-refractivity contribution in [2.24, 2.45) is 11.5 Å². The molecule has 1 aliphatic carbocycles. The molecule has 3 atom stereocenters. The molecule has 42 heavy (non-hydrogen) atoms. The average molecular weight is 588 g/mol. The van der Waals surface area contributed by atoms with Gasteiger partial charge in [-0.15, -0.1) is 11.3 Å². The Balaban J connectivity index is 1.45. The Hall–Kier alpha value is -4.45. The summed E-state index contributed by atoms with van der Waals surface area (Å²) in [6.45, 7) is 4.33. The summed E-state index contributed by atoms with van der Waals surface area (Å²) in [6.07, 6.45) is 1.80. The number of nitrogens with one attached hydrogen (secondary N) is 1. The lowest BCUT2D eigenvalue weighted by molar-refractivity contribution is -0.125. The van der Waals surface area contributed by atoms with Gasteiger partial charge in [0, 0.05) is 41.3 Å². The summed E-state index contributed by atoms with van der Waals surface area (Å²) in [7, 11) is 0. The number of halogens is 2. The van der Waals surface area contributed by atoms with Gasteiger partial charge >= 0.3 is 0 Å². The molecule has 1 aliphatic heterocycles. The summed E-state index contributed by atoms with van der Waals surface area (Å²) in [5.74, 6) is -3.21. The molecule has 3 unspecified atom stereocenters. The first-order chi connectivity index (χ1) is 20.1. The number of hydrogen-bond acceptors (Lipinski definition) is 7. The molecule has 1 saturated heterocycles. The number of ketones is 1. The van der Waals surface area contributed by atoms with Gasteiger partial charge < -0.3 is 27.4 Å². The second-order valence-corrected chi connectivity index (χ2v) is 11.6. The number of carbonyl (C=O) groups is 3. The zero-order valence-corrected chi connectivity index (χ0v) is 23.1. The van der Waals surface area contributed by atoms with E-state index in [1.807, 2.05) is 0 Å². The lowest BCUT2D eigenvalue weighted by Gasteiger charge is -2.36. The number of nitrogens with two attached hydrogens (primary N) is 3. The average Bonchev–Trinajstić information content (AvgIpc) is 3.63. The van der Waals surface area contributed by atoms with E-state index in [-0.39, 0.29) is 22.4 Å². The fourth-order valence-corrected chi connectivity index (χ4v) is 7.17. The first-order valence-corrected chi connectivity index (χ1v) is 14.1. The van der Waals surface area contributed by atoms with Crippen LogP contribution in [-0.2, 0) is 15.1 Å². The van der Waals surface area contributed by atoms with Crippen molar-refractivity contribution in [3.05, 3.63) is 100 Å². The van der Waals surface area contributed by atoms with E-state index in [9.17, 15) is 23.2 Å². The lowest BCUT2D eigenvalue weighted by atomic mass is 9.70. The van der Waals surface area contributed by atoms with Crippen molar-refractivity contribution in [3.8, 4) is 11.1 Å². The molecule has 2 heterocycles. The summed E-state index contributed by atoms with van der Waals surface area (Å²) >= 11 is 1.12. The molecule has 2 aliphatic rings. The van der Waals surface area contributed by atoms with Gasteiger partial charge in [0.1, 0.15) is 5.54 Å². The Kier molecular flexibility index (Phi) is 6.68. The van der Waals surface area contributed by atoms with Gasteiger partial charge in [0.15, 0.2) is 17.4 Å². The lowest BCUT2D eigenvalue weighted by Crippen LogP contribution is -2.52. The van der Waals surface area contributed by atoms with Crippen molar-refractivity contribution in [1.82, 2.24) is 10.2 Å². The van der Waals surface area contributed by atoms with Crippen molar-refractivity contribution in [2.45, 2.75) is 24.0 Å². The summed E-state index contributed by atoms with van der Waals surface area (Å²) in [5.41, 5.74) is 19.9. The molecule has 0 radical (unpaired) electrons. The fraction of sp³-hybridized carbons (Fsp3) is 0.194. The molecule has 1 aromatic heterocycles. The van der Waals surface area contributed by atoms with E-state index in [0.29, 0.717) is 57.5 Å². The van der Waals surface area contributed by atoms with Crippen molar-refractivity contribution >= 4 is 44.7 Å². The van der Waals surface area contributed by atoms with Gasteiger partial charge in [-0.2, -0.15) is 0 Å². The van der Waals surface area contributed by atoms with Crippen molar-refractivity contribution in [2.75, 3.05) is 18.8 Å². The van der Waals surface area contributed by atoms with E-state index in [1.165, 1.54) is 18.2 Å². The molecule has 6 rings (SSSR count). The van der Waals surface area contributed by atoms with Gasteiger partial charge in [0.25, 0.3) is 5.91 Å². The fourth-order valence-electron chi connectivity index (χ4n) is 5.96. The first-order valence-electron chi connectivity index (χ1n) is 13.3. The number of benzene rings is 3. The third-order valence-corrected chi connectivity index (χ3v) is 9.36. The number of nitrogens with zero attached hydrogens (tertiary/aromatic N) is 1. The number of nitrogen functional groups attached to an aromatic ring is 1. The maximum Gasteiger partial charge on any atom is 0.262 e.